The Bertz CT molecular complexity index is 1190. The van der Waals surface area contributed by atoms with E-state index in [4.69, 9.17) is 4.74 Å². The van der Waals surface area contributed by atoms with Gasteiger partial charge in [-0.15, -0.1) is 11.3 Å². The van der Waals surface area contributed by atoms with Crippen LogP contribution in [0.25, 0.3) is 10.2 Å². The molecule has 172 valence electrons. The number of sulfonamides is 1. The molecule has 2 aromatic heterocycles. The largest absolute Gasteiger partial charge is 0.497 e. The maximum atomic E-state index is 13.7. The lowest BCUT2D eigenvalue weighted by molar-refractivity contribution is -0.121. The third-order valence-electron chi connectivity index (χ3n) is 5.40. The van der Waals surface area contributed by atoms with Gasteiger partial charge in [0, 0.05) is 19.6 Å². The monoisotopic (exact) mass is 494 g/mol. The number of methoxy groups -OCH3 is 1. The van der Waals surface area contributed by atoms with Crippen LogP contribution in [0.5, 0.6) is 5.75 Å². The summed E-state index contributed by atoms with van der Waals surface area (Å²) in [5, 5.41) is 2.30. The van der Waals surface area contributed by atoms with Crippen molar-refractivity contribution in [3.63, 3.8) is 0 Å². The van der Waals surface area contributed by atoms with Gasteiger partial charge in [0.1, 0.15) is 16.0 Å². The lowest BCUT2D eigenvalue weighted by Gasteiger charge is -2.29. The molecule has 0 saturated carbocycles. The van der Waals surface area contributed by atoms with Gasteiger partial charge in [0.05, 0.1) is 17.3 Å². The highest BCUT2D eigenvalue weighted by atomic mass is 32.2. The van der Waals surface area contributed by atoms with E-state index in [1.165, 1.54) is 27.0 Å². The Hall–Kier alpha value is -2.05. The summed E-state index contributed by atoms with van der Waals surface area (Å²) in [4.78, 5) is 22.0. The molecule has 1 fully saturated rings. The molecular weight excluding hydrogens is 468 g/mol. The Balaban J connectivity index is 1.67. The van der Waals surface area contributed by atoms with E-state index in [1.807, 2.05) is 37.2 Å². The molecule has 1 atom stereocenters. The van der Waals surface area contributed by atoms with E-state index in [1.54, 1.807) is 29.5 Å². The normalized spacial score (nSPS) is 17.3. The van der Waals surface area contributed by atoms with Crippen LogP contribution in [-0.2, 0) is 14.8 Å². The Labute approximate surface area is 196 Å². The second kappa shape index (κ2) is 9.44. The van der Waals surface area contributed by atoms with Crippen LogP contribution in [0.3, 0.4) is 0 Å². The summed E-state index contributed by atoms with van der Waals surface area (Å²) in [7, 11) is 1.78. The van der Waals surface area contributed by atoms with Gasteiger partial charge in [-0.2, -0.15) is 4.31 Å². The topological polar surface area (TPSA) is 83.1 Å². The van der Waals surface area contributed by atoms with Gasteiger partial charge < -0.3 is 9.64 Å². The lowest BCUT2D eigenvalue weighted by atomic mass is 10.2. The van der Waals surface area contributed by atoms with E-state index in [2.05, 4.69) is 4.98 Å². The standard InChI is InChI=1S/C21H26N4O4S3/c1-23(2)11-12-24(21-22-16-9-8-15(29-3)14-18(16)31-21)20(26)17-6-4-10-25(17)32(27,28)19-7-5-13-30-19/h5,7-9,13-14,17H,4,6,10-12H2,1-3H3. The zero-order chi connectivity index (χ0) is 22.9. The first-order valence-corrected chi connectivity index (χ1v) is 13.4. The Morgan fingerprint density at radius 2 is 2.09 bits per heavy atom. The van der Waals surface area contributed by atoms with Crippen molar-refractivity contribution in [2.75, 3.05) is 45.7 Å². The zero-order valence-corrected chi connectivity index (χ0v) is 20.7. The number of amides is 1. The molecule has 1 unspecified atom stereocenters. The average Bonchev–Trinajstić information content (AvgIpc) is 3.53. The minimum Gasteiger partial charge on any atom is -0.497 e. The third kappa shape index (κ3) is 4.53. The van der Waals surface area contributed by atoms with Gasteiger partial charge in [-0.25, -0.2) is 13.4 Å². The average molecular weight is 495 g/mol. The number of fused-ring (bicyclic) bond motifs is 1. The van der Waals surface area contributed by atoms with Gasteiger partial charge in [-0.05, 0) is 56.6 Å². The van der Waals surface area contributed by atoms with Crippen molar-refractivity contribution in [1.82, 2.24) is 14.2 Å². The van der Waals surface area contributed by atoms with Crippen molar-refractivity contribution in [3.05, 3.63) is 35.7 Å². The molecule has 0 radical (unpaired) electrons. The van der Waals surface area contributed by atoms with E-state index >= 15 is 0 Å². The van der Waals surface area contributed by atoms with Crippen molar-refractivity contribution >= 4 is 54.0 Å². The fourth-order valence-electron chi connectivity index (χ4n) is 3.72. The molecule has 8 nitrogen and oxygen atoms in total. The summed E-state index contributed by atoms with van der Waals surface area (Å²) >= 11 is 2.58. The summed E-state index contributed by atoms with van der Waals surface area (Å²) < 4.78 is 34.2. The van der Waals surface area contributed by atoms with Crippen molar-refractivity contribution in [2.45, 2.75) is 23.1 Å². The fraction of sp³-hybridized carbons (Fsp3) is 0.429. The minimum atomic E-state index is -3.71. The zero-order valence-electron chi connectivity index (χ0n) is 18.2. The molecule has 1 aliphatic heterocycles. The summed E-state index contributed by atoms with van der Waals surface area (Å²) in [5.74, 6) is 0.498. The second-order valence-electron chi connectivity index (χ2n) is 7.83. The quantitative estimate of drug-likeness (QED) is 0.479. The predicted octanol–water partition coefficient (Wildman–Crippen LogP) is 3.11. The molecule has 0 N–H and O–H groups in total. The van der Waals surface area contributed by atoms with Gasteiger partial charge in [0.25, 0.3) is 10.0 Å². The van der Waals surface area contributed by atoms with Crippen molar-refractivity contribution in [1.29, 1.82) is 0 Å². The number of carbonyl (C=O) groups excluding carboxylic acids is 1. The van der Waals surface area contributed by atoms with Crippen LogP contribution < -0.4 is 9.64 Å². The van der Waals surface area contributed by atoms with E-state index in [9.17, 15) is 13.2 Å². The van der Waals surface area contributed by atoms with Crippen LogP contribution in [-0.4, -0.2) is 75.4 Å². The van der Waals surface area contributed by atoms with Crippen LogP contribution in [0.15, 0.2) is 39.9 Å². The van der Waals surface area contributed by atoms with Gasteiger partial charge >= 0.3 is 0 Å². The van der Waals surface area contributed by atoms with Crippen LogP contribution >= 0.6 is 22.7 Å². The molecule has 3 aromatic rings. The van der Waals surface area contributed by atoms with Crippen LogP contribution in [0, 0.1) is 0 Å². The number of aromatic nitrogens is 1. The molecule has 1 saturated heterocycles. The number of benzene rings is 1. The number of rotatable bonds is 8. The molecule has 3 heterocycles. The molecule has 11 heteroatoms. The highest BCUT2D eigenvalue weighted by molar-refractivity contribution is 7.91. The molecule has 1 amide bonds. The molecule has 1 aromatic carbocycles. The summed E-state index contributed by atoms with van der Waals surface area (Å²) in [6, 6.07) is 8.17. The van der Waals surface area contributed by atoms with Crippen molar-refractivity contribution in [3.8, 4) is 5.75 Å². The molecule has 0 spiro atoms. The maximum Gasteiger partial charge on any atom is 0.253 e. The van der Waals surface area contributed by atoms with E-state index in [0.29, 0.717) is 37.6 Å². The number of thiazole rings is 1. The smallest absolute Gasteiger partial charge is 0.253 e. The summed E-state index contributed by atoms with van der Waals surface area (Å²) in [5.41, 5.74) is 0.780. The number of carbonyl (C=O) groups is 1. The second-order valence-corrected chi connectivity index (χ2v) is 11.9. The number of hydrogen-bond acceptors (Lipinski definition) is 8. The Morgan fingerprint density at radius 3 is 2.78 bits per heavy atom. The molecular formula is C21H26N4O4S3. The molecule has 32 heavy (non-hydrogen) atoms. The molecule has 1 aliphatic rings. The number of hydrogen-bond donors (Lipinski definition) is 0. The fourth-order valence-corrected chi connectivity index (χ4v) is 7.51. The lowest BCUT2D eigenvalue weighted by Crippen LogP contribution is -2.49. The van der Waals surface area contributed by atoms with E-state index in [-0.39, 0.29) is 10.1 Å². The van der Waals surface area contributed by atoms with Gasteiger partial charge in [-0.1, -0.05) is 17.4 Å². The third-order valence-corrected chi connectivity index (χ3v) is 9.72. The first kappa shape index (κ1) is 23.1. The molecule has 4 rings (SSSR count). The number of likely N-dealkylation sites (N-methyl/N-ethyl adjacent to an activating group) is 1. The highest BCUT2D eigenvalue weighted by Gasteiger charge is 2.42. The van der Waals surface area contributed by atoms with Crippen molar-refractivity contribution < 1.29 is 17.9 Å². The predicted molar refractivity (Wildman–Crippen MR) is 128 cm³/mol. The number of anilines is 1. The number of thiophene rings is 1. The molecule has 0 bridgehead atoms. The highest BCUT2D eigenvalue weighted by Crippen LogP contribution is 2.34. The van der Waals surface area contributed by atoms with Gasteiger partial charge in [0.15, 0.2) is 5.13 Å². The maximum absolute atomic E-state index is 13.7. The molecule has 0 aliphatic carbocycles. The summed E-state index contributed by atoms with van der Waals surface area (Å²) in [6.07, 6.45) is 1.15. The van der Waals surface area contributed by atoms with E-state index in [0.717, 1.165) is 16.0 Å². The summed E-state index contributed by atoms with van der Waals surface area (Å²) in [6.45, 7) is 1.40. The van der Waals surface area contributed by atoms with Gasteiger partial charge in [-0.3, -0.25) is 9.69 Å². The van der Waals surface area contributed by atoms with E-state index < -0.39 is 16.1 Å². The Kier molecular flexibility index (Phi) is 6.82. The SMILES string of the molecule is COc1ccc2nc(N(CCN(C)C)C(=O)C3CCCN3S(=O)(=O)c3cccs3)sc2c1. The Morgan fingerprint density at radius 1 is 1.28 bits per heavy atom. The number of nitrogens with zero attached hydrogens (tertiary/aromatic N) is 4. The first-order chi connectivity index (χ1) is 15.3. The first-order valence-electron chi connectivity index (χ1n) is 10.3. The number of ether oxygens (including phenoxy) is 1. The van der Waals surface area contributed by atoms with Crippen LogP contribution in [0.1, 0.15) is 12.8 Å². The van der Waals surface area contributed by atoms with Crippen LogP contribution in [0.4, 0.5) is 5.13 Å². The van der Waals surface area contributed by atoms with Crippen molar-refractivity contribution in [2.24, 2.45) is 0 Å². The minimum absolute atomic E-state index is 0.226. The van der Waals surface area contributed by atoms with Gasteiger partial charge in [0.2, 0.25) is 5.91 Å². The van der Waals surface area contributed by atoms with Crippen LogP contribution in [0.2, 0.25) is 0 Å².